The van der Waals surface area contributed by atoms with Crippen molar-refractivity contribution in [1.82, 2.24) is 10.6 Å². The van der Waals surface area contributed by atoms with Crippen molar-refractivity contribution in [3.63, 3.8) is 0 Å². The monoisotopic (exact) mass is 282 g/mol. The first-order valence-electron chi connectivity index (χ1n) is 8.18. The molecule has 1 rings (SSSR count). The standard InChI is InChI=1S/C17H34N2O/c1-12(2)16(5,6)15(20)18-11-9-8-10-14-17(7,19-14)13(3)4/h12-14,19H,8-11H2,1-7H3,(H,18,20). The second kappa shape index (κ2) is 6.46. The molecule has 0 bridgehead atoms. The highest BCUT2D eigenvalue weighted by molar-refractivity contribution is 5.81. The summed E-state index contributed by atoms with van der Waals surface area (Å²) >= 11 is 0. The van der Waals surface area contributed by atoms with E-state index in [0.29, 0.717) is 23.4 Å². The van der Waals surface area contributed by atoms with Gasteiger partial charge in [-0.1, -0.05) is 48.0 Å². The average Bonchev–Trinajstić information content (AvgIpc) is 3.01. The van der Waals surface area contributed by atoms with Crippen LogP contribution in [0.3, 0.4) is 0 Å². The summed E-state index contributed by atoms with van der Waals surface area (Å²) in [5.41, 5.74) is 0.0805. The van der Waals surface area contributed by atoms with Gasteiger partial charge in [-0.25, -0.2) is 0 Å². The Bertz CT molecular complexity index is 336. The molecule has 1 amide bonds. The summed E-state index contributed by atoms with van der Waals surface area (Å²) < 4.78 is 0. The molecule has 1 saturated heterocycles. The highest BCUT2D eigenvalue weighted by atomic mass is 16.2. The van der Waals surface area contributed by atoms with Crippen molar-refractivity contribution < 1.29 is 4.79 Å². The minimum Gasteiger partial charge on any atom is -0.356 e. The van der Waals surface area contributed by atoms with Gasteiger partial charge in [-0.2, -0.15) is 0 Å². The molecule has 3 heteroatoms. The maximum atomic E-state index is 12.1. The van der Waals surface area contributed by atoms with Crippen LogP contribution in [-0.2, 0) is 4.79 Å². The number of hydrogen-bond acceptors (Lipinski definition) is 2. The first-order valence-corrected chi connectivity index (χ1v) is 8.18. The number of rotatable bonds is 8. The second-order valence-electron chi connectivity index (χ2n) is 7.76. The van der Waals surface area contributed by atoms with Gasteiger partial charge in [-0.3, -0.25) is 4.79 Å². The molecule has 2 atom stereocenters. The van der Waals surface area contributed by atoms with Gasteiger partial charge in [0.05, 0.1) is 0 Å². The summed E-state index contributed by atoms with van der Waals surface area (Å²) in [5.74, 6) is 1.24. The lowest BCUT2D eigenvalue weighted by Crippen LogP contribution is -2.40. The Morgan fingerprint density at radius 1 is 1.25 bits per heavy atom. The third-order valence-electron chi connectivity index (χ3n) is 5.56. The Balaban J connectivity index is 2.14. The Morgan fingerprint density at radius 2 is 1.85 bits per heavy atom. The van der Waals surface area contributed by atoms with Crippen molar-refractivity contribution in [2.75, 3.05) is 6.54 Å². The van der Waals surface area contributed by atoms with Gasteiger partial charge in [0.1, 0.15) is 0 Å². The maximum absolute atomic E-state index is 12.1. The minimum atomic E-state index is -0.270. The molecule has 0 saturated carbocycles. The molecule has 0 radical (unpaired) electrons. The van der Waals surface area contributed by atoms with E-state index in [1.807, 2.05) is 13.8 Å². The Morgan fingerprint density at radius 3 is 2.30 bits per heavy atom. The zero-order valence-corrected chi connectivity index (χ0v) is 14.5. The normalized spacial score (nSPS) is 26.1. The van der Waals surface area contributed by atoms with E-state index in [0.717, 1.165) is 13.0 Å². The van der Waals surface area contributed by atoms with Crippen molar-refractivity contribution in [1.29, 1.82) is 0 Å². The second-order valence-corrected chi connectivity index (χ2v) is 7.76. The van der Waals surface area contributed by atoms with E-state index in [1.165, 1.54) is 12.8 Å². The molecule has 1 fully saturated rings. The summed E-state index contributed by atoms with van der Waals surface area (Å²) in [6, 6.07) is 0.672. The molecule has 20 heavy (non-hydrogen) atoms. The number of carbonyl (C=O) groups is 1. The van der Waals surface area contributed by atoms with Crippen LogP contribution in [0.5, 0.6) is 0 Å². The molecule has 0 aliphatic carbocycles. The van der Waals surface area contributed by atoms with Gasteiger partial charge >= 0.3 is 0 Å². The van der Waals surface area contributed by atoms with Crippen LogP contribution in [0.2, 0.25) is 0 Å². The summed E-state index contributed by atoms with van der Waals surface area (Å²) in [4.78, 5) is 12.1. The van der Waals surface area contributed by atoms with Gasteiger partial charge in [-0.15, -0.1) is 0 Å². The van der Waals surface area contributed by atoms with Crippen LogP contribution >= 0.6 is 0 Å². The molecular weight excluding hydrogens is 248 g/mol. The summed E-state index contributed by atoms with van der Waals surface area (Å²) in [6.07, 6.45) is 3.48. The summed E-state index contributed by atoms with van der Waals surface area (Å²) in [6.45, 7) is 15.9. The third-order valence-corrected chi connectivity index (χ3v) is 5.56. The Kier molecular flexibility index (Phi) is 5.65. The number of unbranched alkanes of at least 4 members (excludes halogenated alkanes) is 1. The molecule has 2 unspecified atom stereocenters. The largest absolute Gasteiger partial charge is 0.356 e. The van der Waals surface area contributed by atoms with E-state index >= 15 is 0 Å². The van der Waals surface area contributed by atoms with Gasteiger partial charge in [0.2, 0.25) is 5.91 Å². The van der Waals surface area contributed by atoms with Gasteiger partial charge in [0.15, 0.2) is 0 Å². The highest BCUT2D eigenvalue weighted by Crippen LogP contribution is 2.36. The maximum Gasteiger partial charge on any atom is 0.225 e. The van der Waals surface area contributed by atoms with E-state index in [1.54, 1.807) is 0 Å². The third kappa shape index (κ3) is 3.97. The van der Waals surface area contributed by atoms with Crippen LogP contribution < -0.4 is 10.6 Å². The lowest BCUT2D eigenvalue weighted by Gasteiger charge is -2.27. The predicted molar refractivity (Wildman–Crippen MR) is 85.6 cm³/mol. The van der Waals surface area contributed by atoms with Gasteiger partial charge in [0, 0.05) is 23.5 Å². The van der Waals surface area contributed by atoms with Crippen molar-refractivity contribution >= 4 is 5.91 Å². The molecule has 0 spiro atoms. The fraction of sp³-hybridized carbons (Fsp3) is 0.941. The number of nitrogens with one attached hydrogen (secondary N) is 2. The van der Waals surface area contributed by atoms with Gasteiger partial charge in [0.25, 0.3) is 0 Å². The van der Waals surface area contributed by atoms with Crippen LogP contribution in [0.15, 0.2) is 0 Å². The van der Waals surface area contributed by atoms with E-state index in [4.69, 9.17) is 0 Å². The van der Waals surface area contributed by atoms with Crippen molar-refractivity contribution in [3.05, 3.63) is 0 Å². The molecule has 0 aromatic rings. The van der Waals surface area contributed by atoms with Crippen molar-refractivity contribution in [3.8, 4) is 0 Å². The predicted octanol–water partition coefficient (Wildman–Crippen LogP) is 3.34. The Hall–Kier alpha value is -0.570. The molecule has 2 N–H and O–H groups in total. The fourth-order valence-electron chi connectivity index (χ4n) is 2.44. The smallest absolute Gasteiger partial charge is 0.225 e. The van der Waals surface area contributed by atoms with Crippen LogP contribution in [0.25, 0.3) is 0 Å². The molecule has 0 aromatic carbocycles. The zero-order valence-electron chi connectivity index (χ0n) is 14.5. The van der Waals surface area contributed by atoms with Crippen molar-refractivity contribution in [2.45, 2.75) is 79.3 Å². The quantitative estimate of drug-likeness (QED) is 0.530. The van der Waals surface area contributed by atoms with E-state index in [-0.39, 0.29) is 11.3 Å². The molecule has 1 aliphatic rings. The van der Waals surface area contributed by atoms with Crippen LogP contribution in [0.1, 0.15) is 67.7 Å². The molecule has 1 heterocycles. The average molecular weight is 282 g/mol. The topological polar surface area (TPSA) is 51.0 Å². The molecule has 3 nitrogen and oxygen atoms in total. The molecule has 0 aromatic heterocycles. The fourth-order valence-corrected chi connectivity index (χ4v) is 2.44. The first kappa shape index (κ1) is 17.5. The molecular formula is C17H34N2O. The SMILES string of the molecule is CC(C)C(C)(C)C(=O)NCCCCC1NC1(C)C(C)C. The zero-order chi connectivity index (χ0) is 15.6. The van der Waals surface area contributed by atoms with E-state index in [2.05, 4.69) is 45.3 Å². The molecule has 1 aliphatic heterocycles. The Labute approximate surface area is 125 Å². The highest BCUT2D eigenvalue weighted by Gasteiger charge is 2.50. The molecule has 118 valence electrons. The lowest BCUT2D eigenvalue weighted by molar-refractivity contribution is -0.131. The minimum absolute atomic E-state index is 0.184. The van der Waals surface area contributed by atoms with Crippen LogP contribution in [0.4, 0.5) is 0 Å². The lowest BCUT2D eigenvalue weighted by atomic mass is 9.80. The number of amides is 1. The van der Waals surface area contributed by atoms with Crippen LogP contribution in [0, 0.1) is 17.3 Å². The van der Waals surface area contributed by atoms with Gasteiger partial charge < -0.3 is 10.6 Å². The van der Waals surface area contributed by atoms with Crippen molar-refractivity contribution in [2.24, 2.45) is 17.3 Å². The van der Waals surface area contributed by atoms with E-state index < -0.39 is 0 Å². The number of carbonyl (C=O) groups excluding carboxylic acids is 1. The van der Waals surface area contributed by atoms with Gasteiger partial charge in [-0.05, 0) is 31.6 Å². The number of hydrogen-bond donors (Lipinski definition) is 2. The summed E-state index contributed by atoms with van der Waals surface area (Å²) in [5, 5.41) is 6.68. The van der Waals surface area contributed by atoms with Crippen LogP contribution in [-0.4, -0.2) is 24.0 Å². The first-order chi connectivity index (χ1) is 9.12. The van der Waals surface area contributed by atoms with E-state index in [9.17, 15) is 4.79 Å². The summed E-state index contributed by atoms with van der Waals surface area (Å²) in [7, 11) is 0.